The van der Waals surface area contributed by atoms with Gasteiger partial charge in [0.2, 0.25) is 11.8 Å². The summed E-state index contributed by atoms with van der Waals surface area (Å²) in [4.78, 5) is 38.7. The van der Waals surface area contributed by atoms with Crippen LogP contribution in [-0.4, -0.2) is 34.8 Å². The normalized spacial score (nSPS) is 15.2. The zero-order valence-electron chi connectivity index (χ0n) is 16.1. The largest absolute Gasteiger partial charge is 0.325 e. The van der Waals surface area contributed by atoms with Crippen LogP contribution in [0.3, 0.4) is 0 Å². The summed E-state index contributed by atoms with van der Waals surface area (Å²) in [5, 5.41) is 3.34. The molecule has 2 aromatic rings. The van der Waals surface area contributed by atoms with Crippen molar-refractivity contribution in [2.45, 2.75) is 20.8 Å². The quantitative estimate of drug-likeness (QED) is 0.618. The summed E-state index contributed by atoms with van der Waals surface area (Å²) in [5.74, 6) is -0.418. The molecular weight excluding hydrogens is 372 g/mol. The molecule has 1 saturated heterocycles. The van der Waals surface area contributed by atoms with Crippen LogP contribution in [0.5, 0.6) is 0 Å². The van der Waals surface area contributed by atoms with Gasteiger partial charge in [-0.2, -0.15) is 0 Å². The molecule has 6 heteroatoms. The Morgan fingerprint density at radius 1 is 1.11 bits per heavy atom. The molecule has 0 radical (unpaired) electrons. The van der Waals surface area contributed by atoms with Gasteiger partial charge in [0, 0.05) is 17.3 Å². The molecule has 0 aromatic heterocycles. The molecule has 0 saturated carbocycles. The number of ketones is 1. The number of allylic oxidation sites excluding steroid dienone is 1. The fourth-order valence-corrected chi connectivity index (χ4v) is 4.07. The number of carbonyl (C=O) groups excluding carboxylic acids is 3. The van der Waals surface area contributed by atoms with Gasteiger partial charge < -0.3 is 5.32 Å². The van der Waals surface area contributed by atoms with Gasteiger partial charge in [0.25, 0.3) is 0 Å². The molecule has 3 rings (SSSR count). The number of thioether (sulfide) groups is 1. The molecule has 5 nitrogen and oxygen atoms in total. The van der Waals surface area contributed by atoms with Gasteiger partial charge in [-0.05, 0) is 49.6 Å². The first-order chi connectivity index (χ1) is 13.3. The predicted molar refractivity (Wildman–Crippen MR) is 112 cm³/mol. The van der Waals surface area contributed by atoms with E-state index < -0.39 is 0 Å². The summed E-state index contributed by atoms with van der Waals surface area (Å²) in [5.41, 5.74) is 4.26. The second kappa shape index (κ2) is 8.44. The minimum absolute atomic E-state index is 0.119. The summed E-state index contributed by atoms with van der Waals surface area (Å²) < 4.78 is 0. The number of aryl methyl sites for hydroxylation is 3. The van der Waals surface area contributed by atoms with E-state index in [1.54, 1.807) is 12.1 Å². The number of benzene rings is 2. The van der Waals surface area contributed by atoms with Gasteiger partial charge in [-0.25, -0.2) is 0 Å². The topological polar surface area (TPSA) is 66.5 Å². The maximum atomic E-state index is 12.6. The van der Waals surface area contributed by atoms with Gasteiger partial charge in [-0.3, -0.25) is 19.3 Å². The van der Waals surface area contributed by atoms with Crippen LogP contribution in [0, 0.1) is 20.8 Å². The van der Waals surface area contributed by atoms with Crippen molar-refractivity contribution in [1.29, 1.82) is 0 Å². The van der Waals surface area contributed by atoms with E-state index in [0.717, 1.165) is 16.7 Å². The van der Waals surface area contributed by atoms with E-state index in [1.807, 2.05) is 51.1 Å². The number of carbonyl (C=O) groups is 3. The molecule has 2 amide bonds. The van der Waals surface area contributed by atoms with E-state index in [1.165, 1.54) is 22.7 Å². The smallest absolute Gasteiger partial charge is 0.244 e. The van der Waals surface area contributed by atoms with Crippen molar-refractivity contribution in [1.82, 2.24) is 4.90 Å². The highest BCUT2D eigenvalue weighted by Gasteiger charge is 2.29. The van der Waals surface area contributed by atoms with E-state index in [9.17, 15) is 14.4 Å². The standard InChI is InChI=1S/C22H22N2O3S/c1-14-8-15(2)10-17(9-14)23-20(26)12-24-21(27)13-28-22(24)11-19(25)18-7-5-4-6-16(18)3/h4-11H,12-13H2,1-3H3,(H,23,26)/b22-11-. The Bertz CT molecular complexity index is 961. The van der Waals surface area contributed by atoms with Crippen molar-refractivity contribution in [3.05, 3.63) is 75.8 Å². The van der Waals surface area contributed by atoms with Crippen molar-refractivity contribution in [3.63, 3.8) is 0 Å². The monoisotopic (exact) mass is 394 g/mol. The zero-order chi connectivity index (χ0) is 20.3. The van der Waals surface area contributed by atoms with Crippen LogP contribution < -0.4 is 5.32 Å². The number of hydrogen-bond donors (Lipinski definition) is 1. The molecule has 0 bridgehead atoms. The highest BCUT2D eigenvalue weighted by molar-refractivity contribution is 8.04. The van der Waals surface area contributed by atoms with Crippen LogP contribution in [-0.2, 0) is 9.59 Å². The van der Waals surface area contributed by atoms with E-state index in [0.29, 0.717) is 16.3 Å². The Morgan fingerprint density at radius 3 is 2.46 bits per heavy atom. The first-order valence-corrected chi connectivity index (χ1v) is 9.95. The summed E-state index contributed by atoms with van der Waals surface area (Å²) in [6, 6.07) is 13.1. The zero-order valence-corrected chi connectivity index (χ0v) is 16.9. The van der Waals surface area contributed by atoms with Gasteiger partial charge in [0.1, 0.15) is 6.54 Å². The predicted octanol–water partition coefficient (Wildman–Crippen LogP) is 3.85. The summed E-state index contributed by atoms with van der Waals surface area (Å²) >= 11 is 1.28. The van der Waals surface area contributed by atoms with Crippen LogP contribution in [0.1, 0.15) is 27.0 Å². The third kappa shape index (κ3) is 4.70. The van der Waals surface area contributed by atoms with Crippen molar-refractivity contribution in [2.24, 2.45) is 0 Å². The van der Waals surface area contributed by atoms with E-state index in [2.05, 4.69) is 5.32 Å². The lowest BCUT2D eigenvalue weighted by Crippen LogP contribution is -2.34. The molecule has 1 aliphatic rings. The summed E-state index contributed by atoms with van der Waals surface area (Å²) in [6.45, 7) is 5.67. The van der Waals surface area contributed by atoms with E-state index in [-0.39, 0.29) is 29.9 Å². The second-order valence-corrected chi connectivity index (χ2v) is 7.85. The molecule has 0 atom stereocenters. The molecule has 0 aliphatic carbocycles. The van der Waals surface area contributed by atoms with Crippen LogP contribution in [0.15, 0.2) is 53.6 Å². The molecule has 28 heavy (non-hydrogen) atoms. The SMILES string of the molecule is Cc1cc(C)cc(NC(=O)CN2C(=O)CS/C2=C\C(=O)c2ccccc2C)c1. The van der Waals surface area contributed by atoms with Crippen LogP contribution in [0.4, 0.5) is 5.69 Å². The third-order valence-corrected chi connectivity index (χ3v) is 5.41. The summed E-state index contributed by atoms with van der Waals surface area (Å²) in [7, 11) is 0. The number of amides is 2. The van der Waals surface area contributed by atoms with Crippen LogP contribution >= 0.6 is 11.8 Å². The maximum Gasteiger partial charge on any atom is 0.244 e. The fraction of sp³-hybridized carbons (Fsp3) is 0.227. The first kappa shape index (κ1) is 19.9. The second-order valence-electron chi connectivity index (χ2n) is 6.85. The average molecular weight is 394 g/mol. The molecule has 0 unspecified atom stereocenters. The Hall–Kier alpha value is -2.86. The Morgan fingerprint density at radius 2 is 1.79 bits per heavy atom. The van der Waals surface area contributed by atoms with Gasteiger partial charge in [0.05, 0.1) is 10.8 Å². The molecule has 1 aliphatic heterocycles. The third-order valence-electron chi connectivity index (χ3n) is 4.38. The van der Waals surface area contributed by atoms with Crippen molar-refractivity contribution < 1.29 is 14.4 Å². The van der Waals surface area contributed by atoms with Gasteiger partial charge in [-0.15, -0.1) is 0 Å². The van der Waals surface area contributed by atoms with Gasteiger partial charge >= 0.3 is 0 Å². The Balaban J connectivity index is 1.74. The number of rotatable bonds is 5. The highest BCUT2D eigenvalue weighted by atomic mass is 32.2. The lowest BCUT2D eigenvalue weighted by atomic mass is 10.1. The number of hydrogen-bond acceptors (Lipinski definition) is 4. The molecule has 1 N–H and O–H groups in total. The maximum absolute atomic E-state index is 12.6. The van der Waals surface area contributed by atoms with Gasteiger partial charge in [0.15, 0.2) is 5.78 Å². The molecule has 1 heterocycles. The minimum atomic E-state index is -0.296. The van der Waals surface area contributed by atoms with Gasteiger partial charge in [-0.1, -0.05) is 42.1 Å². The number of nitrogens with one attached hydrogen (secondary N) is 1. The van der Waals surface area contributed by atoms with E-state index in [4.69, 9.17) is 0 Å². The van der Waals surface area contributed by atoms with E-state index >= 15 is 0 Å². The molecule has 2 aromatic carbocycles. The molecular formula is C22H22N2O3S. The van der Waals surface area contributed by atoms with Crippen molar-refractivity contribution in [2.75, 3.05) is 17.6 Å². The Labute approximate surface area is 168 Å². The van der Waals surface area contributed by atoms with Crippen molar-refractivity contribution >= 4 is 35.0 Å². The lowest BCUT2D eigenvalue weighted by Gasteiger charge is -2.17. The molecule has 1 fully saturated rings. The van der Waals surface area contributed by atoms with Crippen LogP contribution in [0.25, 0.3) is 0 Å². The number of nitrogens with zero attached hydrogens (tertiary/aromatic N) is 1. The average Bonchev–Trinajstić information content (AvgIpc) is 2.94. The summed E-state index contributed by atoms with van der Waals surface area (Å²) in [6.07, 6.45) is 1.45. The van der Waals surface area contributed by atoms with Crippen LogP contribution in [0.2, 0.25) is 0 Å². The molecule has 144 valence electrons. The first-order valence-electron chi connectivity index (χ1n) is 8.96. The fourth-order valence-electron chi connectivity index (χ4n) is 3.13. The van der Waals surface area contributed by atoms with Crippen molar-refractivity contribution in [3.8, 4) is 0 Å². The molecule has 0 spiro atoms. The number of anilines is 1. The Kier molecular flexibility index (Phi) is 5.99. The lowest BCUT2D eigenvalue weighted by molar-refractivity contribution is -0.129. The highest BCUT2D eigenvalue weighted by Crippen LogP contribution is 2.29. The minimum Gasteiger partial charge on any atom is -0.325 e.